The van der Waals surface area contributed by atoms with Gasteiger partial charge in [0.05, 0.1) is 24.4 Å². The largest absolute Gasteiger partial charge is 0.496 e. The van der Waals surface area contributed by atoms with Crippen LogP contribution in [0.5, 0.6) is 5.75 Å². The Kier molecular flexibility index (Phi) is 3.56. The van der Waals surface area contributed by atoms with Crippen LogP contribution in [0.25, 0.3) is 0 Å². The monoisotopic (exact) mass is 241 g/mol. The Morgan fingerprint density at radius 2 is 2.25 bits per heavy atom. The summed E-state index contributed by atoms with van der Waals surface area (Å²) in [5.41, 5.74) is 1.59. The molecule has 0 aromatic heterocycles. The van der Waals surface area contributed by atoms with Crippen molar-refractivity contribution < 1.29 is 9.84 Å². The number of aliphatic hydroxyl groups is 1. The van der Waals surface area contributed by atoms with Crippen LogP contribution >= 0.6 is 11.6 Å². The highest BCUT2D eigenvalue weighted by atomic mass is 35.5. The lowest BCUT2D eigenvalue weighted by Gasteiger charge is -2.12. The van der Waals surface area contributed by atoms with Gasteiger partial charge in [-0.2, -0.15) is 0 Å². The highest BCUT2D eigenvalue weighted by Crippen LogP contribution is 2.33. The van der Waals surface area contributed by atoms with Gasteiger partial charge in [-0.15, -0.1) is 0 Å². The molecule has 2 rings (SSSR count). The number of rotatable bonds is 5. The van der Waals surface area contributed by atoms with Gasteiger partial charge in [-0.05, 0) is 24.8 Å². The fraction of sp³-hybridized carbons (Fsp3) is 0.500. The predicted octanol–water partition coefficient (Wildman–Crippen LogP) is 2.66. The number of hydrogen-bond donors (Lipinski definition) is 2. The van der Waals surface area contributed by atoms with Gasteiger partial charge in [-0.1, -0.05) is 11.6 Å². The van der Waals surface area contributed by atoms with E-state index in [1.807, 2.05) is 6.07 Å². The minimum atomic E-state index is -0.0637. The fourth-order valence-corrected chi connectivity index (χ4v) is 1.87. The standard InChI is InChI=1S/C12H16ClNO2/c1-16-12-5-11(14-6-8-2-3-8)10(13)4-9(12)7-15/h4-5,8,14-15H,2-3,6-7H2,1H3. The predicted molar refractivity (Wildman–Crippen MR) is 65.1 cm³/mol. The van der Waals surface area contributed by atoms with Crippen LogP contribution in [0.1, 0.15) is 18.4 Å². The molecule has 1 aromatic rings. The summed E-state index contributed by atoms with van der Waals surface area (Å²) in [4.78, 5) is 0. The number of nitrogens with one attached hydrogen (secondary N) is 1. The third-order valence-corrected chi connectivity index (χ3v) is 3.13. The van der Waals surface area contributed by atoms with E-state index in [0.29, 0.717) is 16.3 Å². The van der Waals surface area contributed by atoms with Gasteiger partial charge in [0, 0.05) is 18.2 Å². The zero-order chi connectivity index (χ0) is 11.5. The molecule has 0 radical (unpaired) electrons. The molecule has 88 valence electrons. The van der Waals surface area contributed by atoms with Crippen molar-refractivity contribution in [2.24, 2.45) is 5.92 Å². The molecule has 1 fully saturated rings. The first-order valence-corrected chi connectivity index (χ1v) is 5.83. The van der Waals surface area contributed by atoms with Crippen LogP contribution in [0.3, 0.4) is 0 Å². The molecule has 0 bridgehead atoms. The maximum Gasteiger partial charge on any atom is 0.126 e. The highest BCUT2D eigenvalue weighted by Gasteiger charge is 2.21. The average Bonchev–Trinajstić information content (AvgIpc) is 3.11. The van der Waals surface area contributed by atoms with Crippen molar-refractivity contribution in [3.8, 4) is 5.75 Å². The van der Waals surface area contributed by atoms with Crippen LogP contribution in [0.4, 0.5) is 5.69 Å². The van der Waals surface area contributed by atoms with Crippen molar-refractivity contribution in [2.75, 3.05) is 19.0 Å². The lowest BCUT2D eigenvalue weighted by molar-refractivity contribution is 0.274. The third kappa shape index (κ3) is 2.60. The van der Waals surface area contributed by atoms with Crippen LogP contribution in [-0.4, -0.2) is 18.8 Å². The lowest BCUT2D eigenvalue weighted by atomic mass is 10.2. The van der Waals surface area contributed by atoms with E-state index in [9.17, 15) is 0 Å². The Morgan fingerprint density at radius 1 is 1.50 bits per heavy atom. The van der Waals surface area contributed by atoms with E-state index in [1.54, 1.807) is 13.2 Å². The second kappa shape index (κ2) is 4.93. The summed E-state index contributed by atoms with van der Waals surface area (Å²) in [7, 11) is 1.59. The molecule has 0 spiro atoms. The van der Waals surface area contributed by atoms with Crippen molar-refractivity contribution in [3.63, 3.8) is 0 Å². The average molecular weight is 242 g/mol. The van der Waals surface area contributed by atoms with Gasteiger partial charge in [-0.3, -0.25) is 0 Å². The van der Waals surface area contributed by atoms with Gasteiger partial charge < -0.3 is 15.2 Å². The Hall–Kier alpha value is -0.930. The smallest absolute Gasteiger partial charge is 0.126 e. The molecule has 1 aliphatic rings. The summed E-state index contributed by atoms with van der Waals surface area (Å²) in [5.74, 6) is 1.46. The van der Waals surface area contributed by atoms with Crippen LogP contribution in [0, 0.1) is 5.92 Å². The maximum absolute atomic E-state index is 9.13. The van der Waals surface area contributed by atoms with Crippen molar-refractivity contribution >= 4 is 17.3 Å². The van der Waals surface area contributed by atoms with Gasteiger partial charge in [0.2, 0.25) is 0 Å². The topological polar surface area (TPSA) is 41.5 Å². The number of aliphatic hydroxyl groups excluding tert-OH is 1. The Labute approximate surface area is 100 Å². The first-order chi connectivity index (χ1) is 7.74. The fourth-order valence-electron chi connectivity index (χ4n) is 1.62. The van der Waals surface area contributed by atoms with E-state index < -0.39 is 0 Å². The number of benzene rings is 1. The number of methoxy groups -OCH3 is 1. The zero-order valence-corrected chi connectivity index (χ0v) is 10.0. The molecule has 0 unspecified atom stereocenters. The molecule has 4 heteroatoms. The van der Waals surface area contributed by atoms with Gasteiger partial charge in [0.1, 0.15) is 5.75 Å². The van der Waals surface area contributed by atoms with Crippen molar-refractivity contribution in [1.29, 1.82) is 0 Å². The first kappa shape index (κ1) is 11.6. The molecular weight excluding hydrogens is 226 g/mol. The van der Waals surface area contributed by atoms with Crippen molar-refractivity contribution in [1.82, 2.24) is 0 Å². The number of hydrogen-bond acceptors (Lipinski definition) is 3. The van der Waals surface area contributed by atoms with Crippen LogP contribution in [-0.2, 0) is 6.61 Å². The van der Waals surface area contributed by atoms with Crippen LogP contribution in [0.2, 0.25) is 5.02 Å². The van der Waals surface area contributed by atoms with E-state index >= 15 is 0 Å². The van der Waals surface area contributed by atoms with E-state index in [1.165, 1.54) is 12.8 Å². The molecule has 0 amide bonds. The molecule has 16 heavy (non-hydrogen) atoms. The second-order valence-electron chi connectivity index (χ2n) is 4.13. The van der Waals surface area contributed by atoms with Crippen molar-refractivity contribution in [2.45, 2.75) is 19.4 Å². The first-order valence-electron chi connectivity index (χ1n) is 5.45. The number of halogens is 1. The minimum absolute atomic E-state index is 0.0637. The van der Waals surface area contributed by atoms with Crippen LogP contribution < -0.4 is 10.1 Å². The molecule has 0 heterocycles. The Balaban J connectivity index is 2.15. The van der Waals surface area contributed by atoms with E-state index in [2.05, 4.69) is 5.32 Å². The Bertz CT molecular complexity index is 378. The van der Waals surface area contributed by atoms with Gasteiger partial charge in [-0.25, -0.2) is 0 Å². The quantitative estimate of drug-likeness (QED) is 0.833. The zero-order valence-electron chi connectivity index (χ0n) is 9.29. The van der Waals surface area contributed by atoms with Crippen LogP contribution in [0.15, 0.2) is 12.1 Å². The maximum atomic E-state index is 9.13. The molecule has 3 nitrogen and oxygen atoms in total. The molecule has 0 saturated heterocycles. The third-order valence-electron chi connectivity index (χ3n) is 2.82. The summed E-state index contributed by atoms with van der Waals surface area (Å²) in [6.45, 7) is 0.896. The summed E-state index contributed by atoms with van der Waals surface area (Å²) in [5, 5.41) is 13.1. The van der Waals surface area contributed by atoms with E-state index in [-0.39, 0.29) is 6.61 Å². The molecule has 2 N–H and O–H groups in total. The minimum Gasteiger partial charge on any atom is -0.496 e. The lowest BCUT2D eigenvalue weighted by Crippen LogP contribution is -2.04. The summed E-state index contributed by atoms with van der Waals surface area (Å²) in [6.07, 6.45) is 2.60. The number of anilines is 1. The van der Waals surface area contributed by atoms with E-state index in [0.717, 1.165) is 18.2 Å². The molecule has 1 aromatic carbocycles. The highest BCUT2D eigenvalue weighted by molar-refractivity contribution is 6.33. The molecule has 0 atom stereocenters. The summed E-state index contributed by atoms with van der Waals surface area (Å²) >= 11 is 6.11. The molecular formula is C12H16ClNO2. The van der Waals surface area contributed by atoms with Gasteiger partial charge in [0.15, 0.2) is 0 Å². The van der Waals surface area contributed by atoms with Gasteiger partial charge in [0.25, 0.3) is 0 Å². The molecule has 1 saturated carbocycles. The second-order valence-corrected chi connectivity index (χ2v) is 4.53. The normalized spacial score (nSPS) is 14.9. The Morgan fingerprint density at radius 3 is 2.81 bits per heavy atom. The number of ether oxygens (including phenoxy) is 1. The summed E-state index contributed by atoms with van der Waals surface area (Å²) in [6, 6.07) is 3.59. The molecule has 0 aliphatic heterocycles. The van der Waals surface area contributed by atoms with Gasteiger partial charge >= 0.3 is 0 Å². The summed E-state index contributed by atoms with van der Waals surface area (Å²) < 4.78 is 5.20. The van der Waals surface area contributed by atoms with Crippen molar-refractivity contribution in [3.05, 3.63) is 22.7 Å². The SMILES string of the molecule is COc1cc(NCC2CC2)c(Cl)cc1CO. The molecule has 1 aliphatic carbocycles. The van der Waals surface area contributed by atoms with E-state index in [4.69, 9.17) is 21.4 Å².